The lowest BCUT2D eigenvalue weighted by Gasteiger charge is -2.49. The van der Waals surface area contributed by atoms with Crippen molar-refractivity contribution in [2.75, 3.05) is 11.4 Å². The highest BCUT2D eigenvalue weighted by Gasteiger charge is 2.39. The smallest absolute Gasteiger partial charge is 0.0653 e. The minimum absolute atomic E-state index is 0.176. The standard InChI is InChI=1S/C20H25N/c1-2-15-20(18-11-5-3-6-12-18)16-9-10-17-21(20)19-13-7-4-8-14-19/h3-8,11-14H,2,9-10,15-17H2,1H3. The van der Waals surface area contributed by atoms with Crippen LogP contribution in [0.15, 0.2) is 60.7 Å². The van der Waals surface area contributed by atoms with E-state index in [9.17, 15) is 0 Å². The molecular weight excluding hydrogens is 254 g/mol. The molecule has 2 aromatic carbocycles. The fourth-order valence-electron chi connectivity index (χ4n) is 3.89. The Bertz CT molecular complexity index is 545. The van der Waals surface area contributed by atoms with Crippen molar-refractivity contribution < 1.29 is 0 Å². The fourth-order valence-corrected chi connectivity index (χ4v) is 3.89. The predicted octanol–water partition coefficient (Wildman–Crippen LogP) is 5.37. The Labute approximate surface area is 128 Å². The van der Waals surface area contributed by atoms with Crippen LogP contribution in [0.4, 0.5) is 5.69 Å². The molecule has 0 bridgehead atoms. The van der Waals surface area contributed by atoms with Crippen LogP contribution in [0.5, 0.6) is 0 Å². The zero-order chi connectivity index (χ0) is 14.5. The zero-order valence-electron chi connectivity index (χ0n) is 13.0. The molecular formula is C20H25N. The van der Waals surface area contributed by atoms with Gasteiger partial charge in [-0.25, -0.2) is 0 Å². The van der Waals surface area contributed by atoms with E-state index in [1.165, 1.54) is 49.9 Å². The molecule has 0 radical (unpaired) electrons. The molecule has 1 aliphatic heterocycles. The molecule has 1 atom stereocenters. The molecule has 0 aliphatic carbocycles. The second-order valence-electron chi connectivity index (χ2n) is 6.09. The van der Waals surface area contributed by atoms with E-state index in [-0.39, 0.29) is 5.54 Å². The summed E-state index contributed by atoms with van der Waals surface area (Å²) in [7, 11) is 0. The van der Waals surface area contributed by atoms with Gasteiger partial charge in [-0.3, -0.25) is 0 Å². The van der Waals surface area contributed by atoms with E-state index >= 15 is 0 Å². The largest absolute Gasteiger partial charge is 0.362 e. The van der Waals surface area contributed by atoms with Crippen LogP contribution in [0.3, 0.4) is 0 Å². The minimum atomic E-state index is 0.176. The third-order valence-corrected chi connectivity index (χ3v) is 4.78. The SMILES string of the molecule is CCCC1(c2ccccc2)CCCCN1c1ccccc1. The topological polar surface area (TPSA) is 3.24 Å². The molecule has 1 aliphatic rings. The van der Waals surface area contributed by atoms with E-state index in [0.717, 1.165) is 0 Å². The first-order valence-electron chi connectivity index (χ1n) is 8.25. The van der Waals surface area contributed by atoms with Crippen molar-refractivity contribution >= 4 is 5.69 Å². The third-order valence-electron chi connectivity index (χ3n) is 4.78. The highest BCUT2D eigenvalue weighted by molar-refractivity contribution is 5.52. The molecule has 21 heavy (non-hydrogen) atoms. The number of nitrogens with zero attached hydrogens (tertiary/aromatic N) is 1. The van der Waals surface area contributed by atoms with Gasteiger partial charge in [0.15, 0.2) is 0 Å². The van der Waals surface area contributed by atoms with Crippen LogP contribution in [0.2, 0.25) is 0 Å². The molecule has 0 amide bonds. The van der Waals surface area contributed by atoms with Gasteiger partial charge in [0, 0.05) is 12.2 Å². The van der Waals surface area contributed by atoms with Gasteiger partial charge in [0.05, 0.1) is 5.54 Å². The summed E-state index contributed by atoms with van der Waals surface area (Å²) in [5.74, 6) is 0. The van der Waals surface area contributed by atoms with Gasteiger partial charge in [-0.2, -0.15) is 0 Å². The molecule has 1 saturated heterocycles. The number of anilines is 1. The van der Waals surface area contributed by atoms with Crippen LogP contribution < -0.4 is 4.90 Å². The van der Waals surface area contributed by atoms with Gasteiger partial charge in [-0.1, -0.05) is 61.9 Å². The molecule has 1 unspecified atom stereocenters. The predicted molar refractivity (Wildman–Crippen MR) is 90.7 cm³/mol. The molecule has 1 fully saturated rings. The molecule has 0 N–H and O–H groups in total. The van der Waals surface area contributed by atoms with Crippen LogP contribution in [0.25, 0.3) is 0 Å². The van der Waals surface area contributed by atoms with E-state index in [0.29, 0.717) is 0 Å². The summed E-state index contributed by atoms with van der Waals surface area (Å²) in [6.45, 7) is 3.47. The highest BCUT2D eigenvalue weighted by Crippen LogP contribution is 2.43. The lowest BCUT2D eigenvalue weighted by Crippen LogP contribution is -2.49. The van der Waals surface area contributed by atoms with Crippen LogP contribution in [0, 0.1) is 0 Å². The molecule has 1 heterocycles. The van der Waals surface area contributed by atoms with Gasteiger partial charge in [0.1, 0.15) is 0 Å². The summed E-state index contributed by atoms with van der Waals surface area (Å²) in [4.78, 5) is 2.66. The number of hydrogen-bond acceptors (Lipinski definition) is 1. The number of hydrogen-bond donors (Lipinski definition) is 0. The van der Waals surface area contributed by atoms with Gasteiger partial charge in [-0.05, 0) is 43.4 Å². The quantitative estimate of drug-likeness (QED) is 0.727. The summed E-state index contributed by atoms with van der Waals surface area (Å²) >= 11 is 0. The normalized spacial score (nSPS) is 22.2. The summed E-state index contributed by atoms with van der Waals surface area (Å²) in [5.41, 5.74) is 3.03. The molecule has 1 heteroatoms. The maximum absolute atomic E-state index is 2.66. The third kappa shape index (κ3) is 2.70. The van der Waals surface area contributed by atoms with Crippen molar-refractivity contribution in [2.45, 2.75) is 44.6 Å². The average molecular weight is 279 g/mol. The van der Waals surface area contributed by atoms with Crippen LogP contribution >= 0.6 is 0 Å². The van der Waals surface area contributed by atoms with E-state index in [4.69, 9.17) is 0 Å². The first kappa shape index (κ1) is 14.2. The highest BCUT2D eigenvalue weighted by atomic mass is 15.2. The maximum Gasteiger partial charge on any atom is 0.0653 e. The van der Waals surface area contributed by atoms with Gasteiger partial charge in [-0.15, -0.1) is 0 Å². The van der Waals surface area contributed by atoms with Crippen molar-refractivity contribution in [3.05, 3.63) is 66.2 Å². The van der Waals surface area contributed by atoms with Crippen LogP contribution in [-0.4, -0.2) is 6.54 Å². The van der Waals surface area contributed by atoms with Crippen molar-refractivity contribution in [3.8, 4) is 0 Å². The Balaban J connectivity index is 2.07. The first-order valence-corrected chi connectivity index (χ1v) is 8.25. The second kappa shape index (κ2) is 6.34. The fraction of sp³-hybridized carbons (Fsp3) is 0.400. The Morgan fingerprint density at radius 1 is 0.905 bits per heavy atom. The van der Waals surface area contributed by atoms with E-state index < -0.39 is 0 Å². The number of para-hydroxylation sites is 1. The monoisotopic (exact) mass is 279 g/mol. The van der Waals surface area contributed by atoms with E-state index in [2.05, 4.69) is 72.5 Å². The number of piperidine rings is 1. The molecule has 0 saturated carbocycles. The van der Waals surface area contributed by atoms with Crippen molar-refractivity contribution in [3.63, 3.8) is 0 Å². The van der Waals surface area contributed by atoms with Crippen molar-refractivity contribution in [2.24, 2.45) is 0 Å². The van der Waals surface area contributed by atoms with Crippen molar-refractivity contribution in [1.82, 2.24) is 0 Å². The Morgan fingerprint density at radius 3 is 2.24 bits per heavy atom. The lowest BCUT2D eigenvalue weighted by molar-refractivity contribution is 0.290. The second-order valence-corrected chi connectivity index (χ2v) is 6.09. The summed E-state index contributed by atoms with van der Waals surface area (Å²) in [6.07, 6.45) is 6.34. The van der Waals surface area contributed by atoms with Crippen LogP contribution in [-0.2, 0) is 5.54 Å². The Hall–Kier alpha value is -1.76. The lowest BCUT2D eigenvalue weighted by atomic mass is 9.77. The molecule has 110 valence electrons. The summed E-state index contributed by atoms with van der Waals surface area (Å²) in [5, 5.41) is 0. The van der Waals surface area contributed by atoms with Gasteiger partial charge in [0.2, 0.25) is 0 Å². The molecule has 2 aromatic rings. The maximum atomic E-state index is 2.66. The number of rotatable bonds is 4. The molecule has 1 nitrogen and oxygen atoms in total. The average Bonchev–Trinajstić information content (AvgIpc) is 2.57. The van der Waals surface area contributed by atoms with Gasteiger partial charge >= 0.3 is 0 Å². The minimum Gasteiger partial charge on any atom is -0.362 e. The van der Waals surface area contributed by atoms with Crippen molar-refractivity contribution in [1.29, 1.82) is 0 Å². The number of benzene rings is 2. The van der Waals surface area contributed by atoms with Gasteiger partial charge in [0.25, 0.3) is 0 Å². The zero-order valence-corrected chi connectivity index (χ0v) is 13.0. The molecule has 0 aromatic heterocycles. The van der Waals surface area contributed by atoms with E-state index in [1.54, 1.807) is 0 Å². The van der Waals surface area contributed by atoms with Crippen LogP contribution in [0.1, 0.15) is 44.6 Å². The summed E-state index contributed by atoms with van der Waals surface area (Å²) in [6, 6.07) is 22.1. The first-order chi connectivity index (χ1) is 10.4. The molecule has 3 rings (SSSR count). The van der Waals surface area contributed by atoms with Gasteiger partial charge < -0.3 is 4.90 Å². The van der Waals surface area contributed by atoms with E-state index in [1.807, 2.05) is 0 Å². The summed E-state index contributed by atoms with van der Waals surface area (Å²) < 4.78 is 0. The Morgan fingerprint density at radius 2 is 1.57 bits per heavy atom. The Kier molecular flexibility index (Phi) is 4.28. The molecule has 0 spiro atoms.